The summed E-state index contributed by atoms with van der Waals surface area (Å²) in [6, 6.07) is 12.0. The minimum atomic E-state index is -1.00. The molecule has 19 heavy (non-hydrogen) atoms. The van der Waals surface area contributed by atoms with Crippen molar-refractivity contribution in [2.24, 2.45) is 0 Å². The predicted molar refractivity (Wildman–Crippen MR) is 64.4 cm³/mol. The van der Waals surface area contributed by atoms with Crippen LogP contribution < -0.4 is 21.5 Å². The van der Waals surface area contributed by atoms with E-state index in [1.165, 1.54) is 12.3 Å². The Bertz CT molecular complexity index is 584. The van der Waals surface area contributed by atoms with E-state index in [0.29, 0.717) is 5.56 Å². The van der Waals surface area contributed by atoms with E-state index in [1.807, 2.05) is 6.07 Å². The fraction of sp³-hybridized carbons (Fsp3) is 0.0714. The molecule has 0 radical (unpaired) electrons. The summed E-state index contributed by atoms with van der Waals surface area (Å²) in [5.41, 5.74) is 0.782. The van der Waals surface area contributed by atoms with Gasteiger partial charge in [-0.1, -0.05) is 30.3 Å². The maximum Gasteiger partial charge on any atom is 0.341 e. The van der Waals surface area contributed by atoms with Gasteiger partial charge in [0, 0.05) is 11.6 Å². The first kappa shape index (κ1) is 15.0. The third-order valence-electron chi connectivity index (χ3n) is 2.53. The highest BCUT2D eigenvalue weighted by atomic mass is 79.9. The van der Waals surface area contributed by atoms with Crippen molar-refractivity contribution in [2.75, 3.05) is 0 Å². The standard InChI is InChI=1S/C14H11NO3.BrH/c16-13(11-5-2-1-3-6-11)10-15-8-4-7-12(9-15)14(17)18;/h1-9H,10H2;1H. The van der Waals surface area contributed by atoms with Gasteiger partial charge in [0.05, 0.1) is 0 Å². The first-order valence-electron chi connectivity index (χ1n) is 5.47. The average molecular weight is 322 g/mol. The molecule has 1 aromatic heterocycles. The van der Waals surface area contributed by atoms with Crippen molar-refractivity contribution >= 4 is 11.8 Å². The Labute approximate surface area is 121 Å². The van der Waals surface area contributed by atoms with Crippen LogP contribution >= 0.6 is 0 Å². The van der Waals surface area contributed by atoms with Crippen LogP contribution in [0.1, 0.15) is 20.7 Å². The summed E-state index contributed by atoms with van der Waals surface area (Å²) in [4.78, 5) is 22.7. The summed E-state index contributed by atoms with van der Waals surface area (Å²) in [5.74, 6) is -1.06. The summed E-state index contributed by atoms with van der Waals surface area (Å²) < 4.78 is 1.57. The van der Waals surface area contributed by atoms with E-state index >= 15 is 0 Å². The van der Waals surface area contributed by atoms with Crippen LogP contribution in [0.15, 0.2) is 54.9 Å². The van der Waals surface area contributed by atoms with Gasteiger partial charge in [0.15, 0.2) is 12.4 Å². The number of Topliss-reactive ketones (excluding diaryl/α,β-unsaturated/α-hetero) is 1. The van der Waals surface area contributed by atoms with Gasteiger partial charge in [0.25, 0.3) is 0 Å². The van der Waals surface area contributed by atoms with E-state index < -0.39 is 5.97 Å². The second-order valence-corrected chi connectivity index (χ2v) is 3.86. The summed E-state index contributed by atoms with van der Waals surface area (Å²) in [6.07, 6.45) is 3.12. The molecule has 0 amide bonds. The molecule has 0 spiro atoms. The van der Waals surface area contributed by atoms with Gasteiger partial charge >= 0.3 is 5.97 Å². The zero-order valence-electron chi connectivity index (χ0n) is 9.99. The number of carbonyl (C=O) groups excluding carboxylic acids is 1. The highest BCUT2D eigenvalue weighted by Gasteiger charge is 2.14. The van der Waals surface area contributed by atoms with Crippen LogP contribution in [-0.4, -0.2) is 16.9 Å². The van der Waals surface area contributed by atoms with Crippen LogP contribution in [0, 0.1) is 0 Å². The third-order valence-corrected chi connectivity index (χ3v) is 2.53. The molecule has 0 atom stereocenters. The molecule has 0 bridgehead atoms. The molecule has 4 nitrogen and oxygen atoms in total. The molecule has 0 aliphatic rings. The van der Waals surface area contributed by atoms with Crippen molar-refractivity contribution in [3.05, 3.63) is 66.0 Å². The Hall–Kier alpha value is -2.01. The topological polar surface area (TPSA) is 58.2 Å². The molecule has 0 fully saturated rings. The van der Waals surface area contributed by atoms with Gasteiger partial charge in [-0.15, -0.1) is 0 Å². The monoisotopic (exact) mass is 321 g/mol. The quantitative estimate of drug-likeness (QED) is 0.554. The van der Waals surface area contributed by atoms with E-state index in [0.717, 1.165) is 0 Å². The Kier molecular flexibility index (Phi) is 5.38. The largest absolute Gasteiger partial charge is 1.00 e. The lowest BCUT2D eigenvalue weighted by Crippen LogP contribution is -3.00. The predicted octanol–water partition coefficient (Wildman–Crippen LogP) is -1.44. The number of carboxylic acid groups (broad SMARTS) is 1. The average Bonchev–Trinajstić information content (AvgIpc) is 2.40. The fourth-order valence-corrected chi connectivity index (χ4v) is 1.63. The lowest BCUT2D eigenvalue weighted by atomic mass is 10.1. The third kappa shape index (κ3) is 3.99. The molecule has 98 valence electrons. The van der Waals surface area contributed by atoms with Crippen molar-refractivity contribution in [3.8, 4) is 0 Å². The van der Waals surface area contributed by atoms with E-state index in [-0.39, 0.29) is 34.9 Å². The fourth-order valence-electron chi connectivity index (χ4n) is 1.63. The molecule has 0 aliphatic carbocycles. The lowest BCUT2D eigenvalue weighted by Gasteiger charge is -1.98. The Morgan fingerprint density at radius 2 is 1.63 bits per heavy atom. The molecule has 2 rings (SSSR count). The number of halogens is 1. The van der Waals surface area contributed by atoms with E-state index in [9.17, 15) is 9.59 Å². The van der Waals surface area contributed by atoms with Crippen LogP contribution in [0.2, 0.25) is 0 Å². The van der Waals surface area contributed by atoms with Gasteiger partial charge in [-0.05, 0) is 6.07 Å². The van der Waals surface area contributed by atoms with Gasteiger partial charge in [-0.2, -0.15) is 4.57 Å². The van der Waals surface area contributed by atoms with Crippen molar-refractivity contribution < 1.29 is 36.2 Å². The lowest BCUT2D eigenvalue weighted by molar-refractivity contribution is -0.683. The first-order valence-corrected chi connectivity index (χ1v) is 5.47. The number of rotatable bonds is 4. The van der Waals surface area contributed by atoms with Crippen molar-refractivity contribution in [3.63, 3.8) is 0 Å². The van der Waals surface area contributed by atoms with E-state index in [1.54, 1.807) is 41.1 Å². The van der Waals surface area contributed by atoms with E-state index in [4.69, 9.17) is 5.11 Å². The second kappa shape index (κ2) is 6.80. The number of carbonyl (C=O) groups is 2. The Morgan fingerprint density at radius 3 is 2.26 bits per heavy atom. The second-order valence-electron chi connectivity index (χ2n) is 3.86. The zero-order chi connectivity index (χ0) is 13.0. The minimum Gasteiger partial charge on any atom is -1.00 e. The number of benzene rings is 1. The van der Waals surface area contributed by atoms with Crippen molar-refractivity contribution in [2.45, 2.75) is 6.54 Å². The Balaban J connectivity index is 0.00000180. The number of aromatic carboxylic acids is 1. The van der Waals surface area contributed by atoms with Crippen LogP contribution in [0.5, 0.6) is 0 Å². The van der Waals surface area contributed by atoms with Crippen molar-refractivity contribution in [1.29, 1.82) is 0 Å². The summed E-state index contributed by atoms with van der Waals surface area (Å²) in [5, 5.41) is 8.86. The van der Waals surface area contributed by atoms with Crippen molar-refractivity contribution in [1.82, 2.24) is 0 Å². The molecule has 5 heteroatoms. The maximum atomic E-state index is 11.9. The van der Waals surface area contributed by atoms with Gasteiger partial charge in [0.1, 0.15) is 5.56 Å². The smallest absolute Gasteiger partial charge is 0.341 e. The van der Waals surface area contributed by atoms with Crippen LogP contribution in [-0.2, 0) is 6.54 Å². The summed E-state index contributed by atoms with van der Waals surface area (Å²) in [7, 11) is 0. The number of hydrogen-bond donors (Lipinski definition) is 1. The number of ketones is 1. The van der Waals surface area contributed by atoms with Gasteiger partial charge < -0.3 is 22.1 Å². The normalized spacial score (nSPS) is 9.47. The van der Waals surface area contributed by atoms with Crippen LogP contribution in [0.4, 0.5) is 0 Å². The van der Waals surface area contributed by atoms with Gasteiger partial charge in [0.2, 0.25) is 12.3 Å². The number of nitrogens with zero attached hydrogens (tertiary/aromatic N) is 1. The number of pyridine rings is 1. The maximum absolute atomic E-state index is 11.9. The van der Waals surface area contributed by atoms with Gasteiger partial charge in [-0.3, -0.25) is 4.79 Å². The first-order chi connectivity index (χ1) is 8.66. The molecule has 1 N–H and O–H groups in total. The molecule has 0 saturated heterocycles. The highest BCUT2D eigenvalue weighted by Crippen LogP contribution is 2.00. The van der Waals surface area contributed by atoms with Gasteiger partial charge in [-0.25, -0.2) is 4.79 Å². The molecule has 1 heterocycles. The molecule has 0 aliphatic heterocycles. The molecular weight excluding hydrogens is 310 g/mol. The Morgan fingerprint density at radius 1 is 1.00 bits per heavy atom. The molecule has 0 unspecified atom stereocenters. The SMILES string of the molecule is O=C(O)c1ccc[n+](CC(=O)c2ccccc2)c1.[Br-]. The number of carboxylic acids is 1. The minimum absolute atomic E-state index is 0. The molecule has 0 saturated carbocycles. The highest BCUT2D eigenvalue weighted by molar-refractivity contribution is 5.95. The number of aromatic nitrogens is 1. The molecular formula is C14H12BrNO3. The number of hydrogen-bond acceptors (Lipinski definition) is 2. The van der Waals surface area contributed by atoms with E-state index in [2.05, 4.69) is 0 Å². The summed E-state index contributed by atoms with van der Waals surface area (Å²) in [6.45, 7) is 0.130. The zero-order valence-corrected chi connectivity index (χ0v) is 11.6. The summed E-state index contributed by atoms with van der Waals surface area (Å²) >= 11 is 0. The van der Waals surface area contributed by atoms with Crippen LogP contribution in [0.25, 0.3) is 0 Å². The van der Waals surface area contributed by atoms with Crippen LogP contribution in [0.3, 0.4) is 0 Å². The molecule has 2 aromatic rings. The molecule has 1 aromatic carbocycles.